The van der Waals surface area contributed by atoms with Crippen LogP contribution >= 0.6 is 0 Å². The Labute approximate surface area is 157 Å². The summed E-state index contributed by atoms with van der Waals surface area (Å²) in [6.07, 6.45) is 5.18. The summed E-state index contributed by atoms with van der Waals surface area (Å²) in [6.45, 7) is 0.403. The fourth-order valence-corrected chi connectivity index (χ4v) is 2.27. The van der Waals surface area contributed by atoms with Crippen molar-refractivity contribution in [1.29, 1.82) is 5.26 Å². The molecule has 0 unspecified atom stereocenters. The Hall–Kier alpha value is -3.72. The number of benzene rings is 2. The number of carbonyl (C=O) groups is 1. The third-order valence-corrected chi connectivity index (χ3v) is 3.77. The third kappa shape index (κ3) is 5.94. The summed E-state index contributed by atoms with van der Waals surface area (Å²) in [7, 11) is 1.60. The minimum Gasteiger partial charge on any atom is -0.504 e. The zero-order valence-corrected chi connectivity index (χ0v) is 14.8. The number of nitrogens with one attached hydrogen (secondary N) is 1. The minimum atomic E-state index is -0.454. The van der Waals surface area contributed by atoms with Crippen molar-refractivity contribution >= 4 is 12.0 Å². The number of hydrogen-bond donors (Lipinski definition) is 3. The quantitative estimate of drug-likeness (QED) is 0.303. The molecule has 0 aliphatic heterocycles. The van der Waals surface area contributed by atoms with Crippen molar-refractivity contribution in [2.24, 2.45) is 0 Å². The monoisotopic (exact) mass is 364 g/mol. The molecule has 2 rings (SSSR count). The topological polar surface area (TPSA) is 103 Å². The SMILES string of the molecule is COc1ccc(CCNC(=O)/C(C#N)=C/C=C/c2ccc(O)c(O)c2)cc1. The number of phenolic OH excluding ortho intramolecular Hbond substituents is 2. The Morgan fingerprint density at radius 2 is 1.93 bits per heavy atom. The lowest BCUT2D eigenvalue weighted by atomic mass is 10.1. The maximum atomic E-state index is 12.1. The van der Waals surface area contributed by atoms with Crippen LogP contribution in [0.25, 0.3) is 6.08 Å². The zero-order valence-electron chi connectivity index (χ0n) is 14.8. The highest BCUT2D eigenvalue weighted by Crippen LogP contribution is 2.25. The van der Waals surface area contributed by atoms with Gasteiger partial charge in [-0.25, -0.2) is 0 Å². The molecule has 0 bridgehead atoms. The van der Waals surface area contributed by atoms with Crippen LogP contribution in [0.1, 0.15) is 11.1 Å². The largest absolute Gasteiger partial charge is 0.504 e. The van der Waals surface area contributed by atoms with E-state index in [2.05, 4.69) is 5.32 Å². The van der Waals surface area contributed by atoms with Crippen LogP contribution in [-0.2, 0) is 11.2 Å². The molecule has 27 heavy (non-hydrogen) atoms. The summed E-state index contributed by atoms with van der Waals surface area (Å²) in [5.41, 5.74) is 1.65. The van der Waals surface area contributed by atoms with Crippen molar-refractivity contribution in [3.8, 4) is 23.3 Å². The number of allylic oxidation sites excluding steroid dienone is 2. The number of carbonyl (C=O) groups excluding carboxylic acids is 1. The van der Waals surface area contributed by atoms with Crippen molar-refractivity contribution in [1.82, 2.24) is 5.32 Å². The molecule has 0 saturated heterocycles. The second-order valence-corrected chi connectivity index (χ2v) is 5.65. The Bertz CT molecular complexity index is 893. The van der Waals surface area contributed by atoms with E-state index in [1.165, 1.54) is 24.3 Å². The normalized spacial score (nSPS) is 11.2. The minimum absolute atomic E-state index is 0.0241. The Kier molecular flexibility index (Phi) is 7.03. The molecular weight excluding hydrogens is 344 g/mol. The van der Waals surface area contributed by atoms with E-state index in [9.17, 15) is 15.0 Å². The van der Waals surface area contributed by atoms with Crippen LogP contribution in [0.15, 0.2) is 60.2 Å². The van der Waals surface area contributed by atoms with Crippen LogP contribution in [0, 0.1) is 11.3 Å². The number of hydrogen-bond acceptors (Lipinski definition) is 5. The highest BCUT2D eigenvalue weighted by Gasteiger charge is 2.07. The average Bonchev–Trinajstić information content (AvgIpc) is 2.68. The Morgan fingerprint density at radius 3 is 2.56 bits per heavy atom. The van der Waals surface area contributed by atoms with E-state index in [0.717, 1.165) is 11.3 Å². The van der Waals surface area contributed by atoms with Crippen molar-refractivity contribution in [2.45, 2.75) is 6.42 Å². The number of ether oxygens (including phenoxy) is 1. The van der Waals surface area contributed by atoms with E-state index < -0.39 is 5.91 Å². The zero-order chi connectivity index (χ0) is 19.6. The molecule has 3 N–H and O–H groups in total. The van der Waals surface area contributed by atoms with Gasteiger partial charge in [-0.05, 0) is 47.9 Å². The van der Waals surface area contributed by atoms with Gasteiger partial charge in [-0.15, -0.1) is 0 Å². The van der Waals surface area contributed by atoms with Crippen LogP contribution in [-0.4, -0.2) is 29.8 Å². The number of methoxy groups -OCH3 is 1. The van der Waals surface area contributed by atoms with Gasteiger partial charge in [0.1, 0.15) is 17.4 Å². The highest BCUT2D eigenvalue weighted by atomic mass is 16.5. The van der Waals surface area contributed by atoms with E-state index in [4.69, 9.17) is 10.00 Å². The maximum Gasteiger partial charge on any atom is 0.261 e. The van der Waals surface area contributed by atoms with Crippen molar-refractivity contribution in [3.05, 3.63) is 71.3 Å². The van der Waals surface area contributed by atoms with Gasteiger partial charge in [-0.3, -0.25) is 4.79 Å². The van der Waals surface area contributed by atoms with Gasteiger partial charge >= 0.3 is 0 Å². The lowest BCUT2D eigenvalue weighted by molar-refractivity contribution is -0.117. The molecule has 6 nitrogen and oxygen atoms in total. The molecule has 0 aromatic heterocycles. The molecule has 6 heteroatoms. The molecule has 0 heterocycles. The predicted molar refractivity (Wildman–Crippen MR) is 102 cm³/mol. The lowest BCUT2D eigenvalue weighted by Gasteiger charge is -2.05. The third-order valence-electron chi connectivity index (χ3n) is 3.77. The first-order valence-electron chi connectivity index (χ1n) is 8.25. The van der Waals surface area contributed by atoms with Gasteiger partial charge in [0.05, 0.1) is 7.11 Å². The number of aromatic hydroxyl groups is 2. The van der Waals surface area contributed by atoms with E-state index in [0.29, 0.717) is 18.5 Å². The molecule has 138 valence electrons. The Balaban J connectivity index is 1.90. The van der Waals surface area contributed by atoms with Crippen molar-refractivity contribution in [2.75, 3.05) is 13.7 Å². The van der Waals surface area contributed by atoms with Crippen LogP contribution in [0.5, 0.6) is 17.2 Å². The highest BCUT2D eigenvalue weighted by molar-refractivity contribution is 5.97. The van der Waals surface area contributed by atoms with Gasteiger partial charge in [0, 0.05) is 6.54 Å². The summed E-state index contributed by atoms with van der Waals surface area (Å²) in [6, 6.07) is 13.7. The molecule has 2 aromatic carbocycles. The molecule has 0 aliphatic rings. The molecule has 0 spiro atoms. The first-order chi connectivity index (χ1) is 13.0. The summed E-state index contributed by atoms with van der Waals surface area (Å²) >= 11 is 0. The number of phenols is 2. The number of amides is 1. The van der Waals surface area contributed by atoms with Crippen LogP contribution in [0.3, 0.4) is 0 Å². The van der Waals surface area contributed by atoms with E-state index in [1.807, 2.05) is 30.3 Å². The summed E-state index contributed by atoms with van der Waals surface area (Å²) < 4.78 is 5.09. The Morgan fingerprint density at radius 1 is 1.19 bits per heavy atom. The molecule has 2 aromatic rings. The van der Waals surface area contributed by atoms with Crippen LogP contribution < -0.4 is 10.1 Å². The van der Waals surface area contributed by atoms with Gasteiger partial charge in [0.25, 0.3) is 5.91 Å². The second kappa shape index (κ2) is 9.68. The molecule has 0 aliphatic carbocycles. The first kappa shape index (κ1) is 19.6. The number of rotatable bonds is 7. The van der Waals surface area contributed by atoms with Crippen molar-refractivity contribution < 1.29 is 19.7 Å². The van der Waals surface area contributed by atoms with Gasteiger partial charge in [0.15, 0.2) is 11.5 Å². The molecule has 0 atom stereocenters. The number of nitriles is 1. The molecule has 0 saturated carbocycles. The molecule has 0 radical (unpaired) electrons. The lowest BCUT2D eigenvalue weighted by Crippen LogP contribution is -2.26. The molecular formula is C21H20N2O4. The fourth-order valence-electron chi connectivity index (χ4n) is 2.27. The smallest absolute Gasteiger partial charge is 0.261 e. The second-order valence-electron chi connectivity index (χ2n) is 5.65. The van der Waals surface area contributed by atoms with Gasteiger partial charge < -0.3 is 20.3 Å². The van der Waals surface area contributed by atoms with Gasteiger partial charge in [-0.1, -0.05) is 30.4 Å². The van der Waals surface area contributed by atoms with E-state index >= 15 is 0 Å². The van der Waals surface area contributed by atoms with E-state index in [1.54, 1.807) is 19.3 Å². The van der Waals surface area contributed by atoms with Crippen molar-refractivity contribution in [3.63, 3.8) is 0 Å². The van der Waals surface area contributed by atoms with Crippen LogP contribution in [0.2, 0.25) is 0 Å². The first-order valence-corrected chi connectivity index (χ1v) is 8.25. The average molecular weight is 364 g/mol. The maximum absolute atomic E-state index is 12.1. The fraction of sp³-hybridized carbons (Fsp3) is 0.143. The molecule has 0 fully saturated rings. The predicted octanol–water partition coefficient (Wildman–Crippen LogP) is 2.93. The number of nitrogens with zero attached hydrogens (tertiary/aromatic N) is 1. The van der Waals surface area contributed by atoms with E-state index in [-0.39, 0.29) is 17.1 Å². The summed E-state index contributed by atoms with van der Waals surface area (Å²) in [5, 5.41) is 30.6. The summed E-state index contributed by atoms with van der Waals surface area (Å²) in [4.78, 5) is 12.1. The van der Waals surface area contributed by atoms with Gasteiger partial charge in [-0.2, -0.15) is 5.26 Å². The van der Waals surface area contributed by atoms with Crippen LogP contribution in [0.4, 0.5) is 0 Å². The molecule has 1 amide bonds. The summed E-state index contributed by atoms with van der Waals surface area (Å²) in [5.74, 6) is -0.134. The van der Waals surface area contributed by atoms with Gasteiger partial charge in [0.2, 0.25) is 0 Å². The standard InChI is InChI=1S/C21H20N2O4/c1-27-18-8-5-15(6-9-18)11-12-23-21(26)17(14-22)4-2-3-16-7-10-19(24)20(25)13-16/h2-10,13,24-25H,11-12H2,1H3,(H,23,26)/b3-2+,17-4+.